The Morgan fingerprint density at radius 2 is 1.69 bits per heavy atom. The smallest absolute Gasteiger partial charge is 0.253 e. The second kappa shape index (κ2) is 18.7. The minimum absolute atomic E-state index is 0.0543. The van der Waals surface area contributed by atoms with Crippen LogP contribution in [0.2, 0.25) is 0 Å². The molecule has 3 aliphatic heterocycles. The summed E-state index contributed by atoms with van der Waals surface area (Å²) in [6.45, 7) is 7.92. The molecule has 0 radical (unpaired) electrons. The highest BCUT2D eigenvalue weighted by Gasteiger charge is 2.39. The number of carbonyl (C=O) groups is 3. The maximum atomic E-state index is 16.4. The largest absolute Gasteiger partial charge is 0.507 e. The molecule has 14 nitrogen and oxygen atoms in total. The second-order valence-electron chi connectivity index (χ2n) is 16.7. The summed E-state index contributed by atoms with van der Waals surface area (Å²) >= 11 is 0. The molecule has 2 atom stereocenters. The topological polar surface area (TPSA) is 197 Å². The molecule has 0 saturated carbocycles. The molecule has 3 amide bonds. The first kappa shape index (κ1) is 43.0. The van der Waals surface area contributed by atoms with Crippen molar-refractivity contribution in [2.45, 2.75) is 69.9 Å². The highest BCUT2D eigenvalue weighted by Crippen LogP contribution is 2.35. The summed E-state index contributed by atoms with van der Waals surface area (Å²) in [6, 6.07) is 20.4. The molecule has 2 unspecified atom stereocenters. The summed E-state index contributed by atoms with van der Waals surface area (Å²) in [5, 5.41) is 16.8. The number of aromatic nitrogens is 1. The number of hydrogen-bond donors (Lipinski definition) is 6. The van der Waals surface area contributed by atoms with Crippen molar-refractivity contribution in [1.29, 1.82) is 0 Å². The van der Waals surface area contributed by atoms with Gasteiger partial charge in [-0.05, 0) is 86.4 Å². The molecule has 1 aromatic heterocycles. The van der Waals surface area contributed by atoms with Gasteiger partial charge in [0.25, 0.3) is 5.91 Å². The number of para-hydroxylation sites is 1. The maximum absolute atomic E-state index is 16.4. The van der Waals surface area contributed by atoms with Crippen LogP contribution >= 0.6 is 0 Å². The van der Waals surface area contributed by atoms with Crippen LogP contribution in [0.15, 0.2) is 90.5 Å². The number of morpholine rings is 1. The standard InChI is InChI=1S/C46H58FN9O5/c1-30-25-56(39-12-11-34(23-37(30)39)52-43(59)13-18-51-29-57)35-14-19-53(20-15-35)28-46(47)16-21-54(22-17-46)45(60)33-9-7-32(8-10-33)42-27-55(26-31(2)61-42)40(44(49)50)24-38(48)36-5-3-4-6-41(36)58/h3-12,23-25,29,31,35,42,58H,13-22,26-28,48-50H2,1-2H3,(H,51,57)(H,52,59)/b38-24-. The number of ether oxygens (including phenoxy) is 1. The van der Waals surface area contributed by atoms with E-state index in [0.29, 0.717) is 61.7 Å². The Hall–Kier alpha value is -6.06. The Labute approximate surface area is 356 Å². The fraction of sp³-hybridized carbons (Fsp3) is 0.413. The highest BCUT2D eigenvalue weighted by molar-refractivity contribution is 5.95. The molecular formula is C46H58FN9O5. The molecule has 61 heavy (non-hydrogen) atoms. The summed E-state index contributed by atoms with van der Waals surface area (Å²) in [4.78, 5) is 42.4. The number of fused-ring (bicyclic) bond motifs is 1. The van der Waals surface area contributed by atoms with Crippen LogP contribution in [-0.2, 0) is 14.3 Å². The van der Waals surface area contributed by atoms with Crippen LogP contribution in [0.25, 0.3) is 16.6 Å². The third-order valence-corrected chi connectivity index (χ3v) is 12.2. The number of aromatic hydroxyl groups is 1. The minimum atomic E-state index is -1.36. The maximum Gasteiger partial charge on any atom is 0.253 e. The molecule has 0 bridgehead atoms. The van der Waals surface area contributed by atoms with E-state index in [0.717, 1.165) is 53.6 Å². The number of nitrogens with zero attached hydrogens (tertiary/aromatic N) is 4. The van der Waals surface area contributed by atoms with Crippen LogP contribution in [0.5, 0.6) is 5.75 Å². The first-order valence-corrected chi connectivity index (χ1v) is 21.1. The van der Waals surface area contributed by atoms with Gasteiger partial charge in [0, 0.05) is 117 Å². The monoisotopic (exact) mass is 835 g/mol. The van der Waals surface area contributed by atoms with Crippen LogP contribution in [0.3, 0.4) is 0 Å². The number of nitrogens with two attached hydrogens (primary N) is 3. The van der Waals surface area contributed by atoms with Crippen molar-refractivity contribution in [3.05, 3.63) is 113 Å². The number of hydrogen-bond acceptors (Lipinski definition) is 10. The molecule has 4 heterocycles. The van der Waals surface area contributed by atoms with Gasteiger partial charge in [-0.1, -0.05) is 24.3 Å². The lowest BCUT2D eigenvalue weighted by Gasteiger charge is -2.41. The normalized spacial score (nSPS) is 20.0. The Balaban J connectivity index is 0.900. The van der Waals surface area contributed by atoms with Gasteiger partial charge < -0.3 is 56.9 Å². The van der Waals surface area contributed by atoms with E-state index in [-0.39, 0.29) is 67.4 Å². The van der Waals surface area contributed by atoms with Gasteiger partial charge in [-0.15, -0.1) is 0 Å². The third-order valence-electron chi connectivity index (χ3n) is 12.2. The molecule has 3 fully saturated rings. The van der Waals surface area contributed by atoms with E-state index in [1.165, 1.54) is 0 Å². The number of amides is 3. The average Bonchev–Trinajstić information content (AvgIpc) is 3.57. The number of anilines is 1. The van der Waals surface area contributed by atoms with Crippen molar-refractivity contribution in [1.82, 2.24) is 24.6 Å². The SMILES string of the molecule is Cc1cn(C2CCN(CC3(F)CCN(C(=O)c4ccc(C5CN(C(/C=C(\N)c6ccccc6O)=C(N)N)CC(C)O5)cc4)CC3)CC2)c2ccc(NC(=O)CCNC=O)cc12. The van der Waals surface area contributed by atoms with E-state index < -0.39 is 5.67 Å². The molecule has 3 aliphatic rings. The molecular weight excluding hydrogens is 778 g/mol. The predicted molar refractivity (Wildman–Crippen MR) is 235 cm³/mol. The molecule has 0 aliphatic carbocycles. The van der Waals surface area contributed by atoms with Gasteiger partial charge in [0.1, 0.15) is 23.3 Å². The number of carbonyl (C=O) groups excluding carboxylic acids is 3. The van der Waals surface area contributed by atoms with Crippen LogP contribution in [0.1, 0.15) is 78.2 Å². The number of alkyl halides is 1. The minimum Gasteiger partial charge on any atom is -0.507 e. The number of phenols is 1. The average molecular weight is 836 g/mol. The Kier molecular flexibility index (Phi) is 13.2. The van der Waals surface area contributed by atoms with Gasteiger partial charge in [0.05, 0.1) is 11.8 Å². The van der Waals surface area contributed by atoms with Crippen LogP contribution < -0.4 is 27.8 Å². The zero-order valence-electron chi connectivity index (χ0n) is 35.0. The summed E-state index contributed by atoms with van der Waals surface area (Å²) in [6.07, 6.45) is 6.50. The van der Waals surface area contributed by atoms with Gasteiger partial charge in [-0.25, -0.2) is 4.39 Å². The fourth-order valence-electron chi connectivity index (χ4n) is 8.95. The lowest BCUT2D eigenvalue weighted by Crippen LogP contribution is -2.51. The van der Waals surface area contributed by atoms with Crippen molar-refractivity contribution >= 4 is 40.5 Å². The predicted octanol–water partition coefficient (Wildman–Crippen LogP) is 4.86. The van der Waals surface area contributed by atoms with Crippen LogP contribution in [-0.4, -0.2) is 107 Å². The van der Waals surface area contributed by atoms with E-state index in [1.807, 2.05) is 42.2 Å². The van der Waals surface area contributed by atoms with Gasteiger partial charge in [0.2, 0.25) is 12.3 Å². The first-order valence-electron chi connectivity index (χ1n) is 21.1. The number of benzene rings is 3. The zero-order chi connectivity index (χ0) is 43.3. The molecule has 3 aromatic carbocycles. The summed E-state index contributed by atoms with van der Waals surface area (Å²) in [7, 11) is 0. The Morgan fingerprint density at radius 3 is 2.38 bits per heavy atom. The highest BCUT2D eigenvalue weighted by atomic mass is 19.1. The summed E-state index contributed by atoms with van der Waals surface area (Å²) in [5.41, 5.74) is 23.0. The number of rotatable bonds is 13. The molecule has 0 spiro atoms. The molecule has 4 aromatic rings. The lowest BCUT2D eigenvalue weighted by atomic mass is 9.91. The molecule has 15 heteroatoms. The van der Waals surface area contributed by atoms with E-state index >= 15 is 4.39 Å². The lowest BCUT2D eigenvalue weighted by molar-refractivity contribution is -0.116. The fourth-order valence-corrected chi connectivity index (χ4v) is 8.95. The van der Waals surface area contributed by atoms with Crippen LogP contribution in [0.4, 0.5) is 10.1 Å². The molecule has 9 N–H and O–H groups in total. The molecule has 7 rings (SSSR count). The number of halogens is 1. The number of likely N-dealkylation sites (tertiary alicyclic amines) is 2. The van der Waals surface area contributed by atoms with Crippen molar-refractivity contribution in [2.24, 2.45) is 17.2 Å². The second-order valence-corrected chi connectivity index (χ2v) is 16.7. The van der Waals surface area contributed by atoms with Crippen molar-refractivity contribution in [3.8, 4) is 5.75 Å². The number of allylic oxidation sites excluding steroid dienone is 1. The van der Waals surface area contributed by atoms with Gasteiger partial charge >= 0.3 is 0 Å². The third kappa shape index (κ3) is 10.1. The summed E-state index contributed by atoms with van der Waals surface area (Å²) < 4.78 is 25.0. The van der Waals surface area contributed by atoms with Gasteiger partial charge in [0.15, 0.2) is 0 Å². The van der Waals surface area contributed by atoms with E-state index in [4.69, 9.17) is 21.9 Å². The van der Waals surface area contributed by atoms with Crippen LogP contribution in [0, 0.1) is 6.92 Å². The number of nitrogens with one attached hydrogen (secondary N) is 2. The zero-order valence-corrected chi connectivity index (χ0v) is 35.0. The van der Waals surface area contributed by atoms with Crippen molar-refractivity contribution in [2.75, 3.05) is 57.7 Å². The van der Waals surface area contributed by atoms with Crippen molar-refractivity contribution < 1.29 is 28.6 Å². The van der Waals surface area contributed by atoms with E-state index in [1.54, 1.807) is 47.4 Å². The summed E-state index contributed by atoms with van der Waals surface area (Å²) in [5.74, 6) is -0.126. The van der Waals surface area contributed by atoms with E-state index in [2.05, 4.69) is 33.2 Å². The first-order chi connectivity index (χ1) is 29.3. The Bertz CT molecular complexity index is 2270. The van der Waals surface area contributed by atoms with Gasteiger partial charge in [-0.3, -0.25) is 14.4 Å². The molecule has 324 valence electrons. The quantitative estimate of drug-likeness (QED) is 0.0615. The number of phenolic OH excluding ortho intramolecular Hbond substituents is 1. The number of aryl methyl sites for hydroxylation is 1. The van der Waals surface area contributed by atoms with E-state index in [9.17, 15) is 19.5 Å². The van der Waals surface area contributed by atoms with Crippen molar-refractivity contribution in [3.63, 3.8) is 0 Å². The Morgan fingerprint density at radius 1 is 0.967 bits per heavy atom. The molecule has 3 saturated heterocycles. The van der Waals surface area contributed by atoms with Gasteiger partial charge in [-0.2, -0.15) is 0 Å². The number of piperidine rings is 2.